The van der Waals surface area contributed by atoms with Gasteiger partial charge in [-0.2, -0.15) is 0 Å². The van der Waals surface area contributed by atoms with Gasteiger partial charge in [0.05, 0.1) is 27.3 Å². The van der Waals surface area contributed by atoms with Crippen LogP contribution in [0.5, 0.6) is 0 Å². The molecular formula is C20H22N2O4. The SMILES string of the molecule is Cc1ccc(N2C(=O)C3(C)C4(C)C(=O)N(C)C(=O)C4(C)C3(C)C2=O)cc1. The van der Waals surface area contributed by atoms with Crippen molar-refractivity contribution in [3.05, 3.63) is 29.8 Å². The molecule has 4 amide bonds. The van der Waals surface area contributed by atoms with Crippen LogP contribution in [0.1, 0.15) is 33.3 Å². The molecule has 3 aliphatic rings. The molecule has 6 heteroatoms. The lowest BCUT2D eigenvalue weighted by Gasteiger charge is -2.67. The third-order valence-electron chi connectivity index (χ3n) is 8.02. The second-order valence-corrected chi connectivity index (χ2v) is 8.45. The van der Waals surface area contributed by atoms with Crippen LogP contribution >= 0.6 is 0 Å². The Balaban J connectivity index is 1.96. The van der Waals surface area contributed by atoms with E-state index >= 15 is 0 Å². The molecule has 2 saturated heterocycles. The molecule has 1 saturated carbocycles. The Morgan fingerprint density at radius 2 is 1.00 bits per heavy atom. The van der Waals surface area contributed by atoms with Crippen molar-refractivity contribution in [2.75, 3.05) is 11.9 Å². The molecule has 2 aliphatic heterocycles. The molecule has 4 unspecified atom stereocenters. The number of hydrogen-bond acceptors (Lipinski definition) is 4. The average molecular weight is 354 g/mol. The Bertz CT molecular complexity index is 870. The number of nitrogens with zero attached hydrogens (tertiary/aromatic N) is 2. The Morgan fingerprint density at radius 3 is 1.38 bits per heavy atom. The number of rotatable bonds is 1. The van der Waals surface area contributed by atoms with Crippen LogP contribution < -0.4 is 4.90 Å². The number of carbonyl (C=O) groups excluding carboxylic acids is 4. The van der Waals surface area contributed by atoms with Crippen molar-refractivity contribution in [1.29, 1.82) is 0 Å². The predicted molar refractivity (Wildman–Crippen MR) is 93.9 cm³/mol. The van der Waals surface area contributed by atoms with Crippen LogP contribution in [-0.4, -0.2) is 35.6 Å². The molecule has 4 atom stereocenters. The predicted octanol–water partition coefficient (Wildman–Crippen LogP) is 1.91. The molecule has 4 rings (SSSR count). The van der Waals surface area contributed by atoms with E-state index in [4.69, 9.17) is 0 Å². The van der Waals surface area contributed by atoms with Crippen molar-refractivity contribution in [2.45, 2.75) is 34.6 Å². The Hall–Kier alpha value is -2.50. The summed E-state index contributed by atoms with van der Waals surface area (Å²) in [7, 11) is 1.43. The molecule has 0 aromatic heterocycles. The van der Waals surface area contributed by atoms with Gasteiger partial charge >= 0.3 is 0 Å². The van der Waals surface area contributed by atoms with E-state index in [0.29, 0.717) is 5.69 Å². The summed E-state index contributed by atoms with van der Waals surface area (Å²) < 4.78 is 0. The highest BCUT2D eigenvalue weighted by molar-refractivity contribution is 6.32. The van der Waals surface area contributed by atoms with Gasteiger partial charge in [-0.15, -0.1) is 0 Å². The van der Waals surface area contributed by atoms with Crippen molar-refractivity contribution in [1.82, 2.24) is 4.90 Å². The molecule has 1 aromatic rings. The maximum absolute atomic E-state index is 13.5. The number of anilines is 1. The fourth-order valence-electron chi connectivity index (χ4n) is 5.88. The molecular weight excluding hydrogens is 332 g/mol. The Labute approximate surface area is 152 Å². The molecule has 1 aliphatic carbocycles. The minimum Gasteiger partial charge on any atom is -0.285 e. The quantitative estimate of drug-likeness (QED) is 0.722. The van der Waals surface area contributed by atoms with Crippen molar-refractivity contribution >= 4 is 29.3 Å². The number of likely N-dealkylation sites (tertiary alicyclic amines) is 1. The van der Waals surface area contributed by atoms with Crippen LogP contribution in [0.3, 0.4) is 0 Å². The van der Waals surface area contributed by atoms with Crippen LogP contribution in [0.25, 0.3) is 0 Å². The maximum atomic E-state index is 13.5. The molecule has 6 nitrogen and oxygen atoms in total. The number of imide groups is 2. The third-order valence-corrected chi connectivity index (χ3v) is 8.02. The minimum atomic E-state index is -1.27. The number of aryl methyl sites for hydroxylation is 1. The van der Waals surface area contributed by atoms with E-state index < -0.39 is 45.3 Å². The largest absolute Gasteiger partial charge is 0.285 e. The molecule has 0 N–H and O–H groups in total. The van der Waals surface area contributed by atoms with Gasteiger partial charge in [-0.1, -0.05) is 17.7 Å². The lowest BCUT2D eigenvalue weighted by Crippen LogP contribution is -2.77. The Morgan fingerprint density at radius 1 is 0.654 bits per heavy atom. The van der Waals surface area contributed by atoms with Gasteiger partial charge in [0.25, 0.3) is 0 Å². The van der Waals surface area contributed by atoms with Gasteiger partial charge in [0.1, 0.15) is 0 Å². The van der Waals surface area contributed by atoms with E-state index in [0.717, 1.165) is 15.4 Å². The van der Waals surface area contributed by atoms with Crippen molar-refractivity contribution < 1.29 is 19.2 Å². The van der Waals surface area contributed by atoms with Crippen LogP contribution in [0, 0.1) is 28.6 Å². The summed E-state index contributed by atoms with van der Waals surface area (Å²) in [6.07, 6.45) is 0. The second kappa shape index (κ2) is 4.24. The summed E-state index contributed by atoms with van der Waals surface area (Å²) >= 11 is 0. The number of amides is 4. The first-order valence-electron chi connectivity index (χ1n) is 8.70. The van der Waals surface area contributed by atoms with E-state index in [1.54, 1.807) is 39.8 Å². The summed E-state index contributed by atoms with van der Waals surface area (Å²) in [6.45, 7) is 8.55. The first kappa shape index (κ1) is 16.9. The normalized spacial score (nSPS) is 41.5. The topological polar surface area (TPSA) is 74.8 Å². The molecule has 136 valence electrons. The second-order valence-electron chi connectivity index (χ2n) is 8.45. The van der Waals surface area contributed by atoms with Crippen molar-refractivity contribution in [3.63, 3.8) is 0 Å². The molecule has 0 bridgehead atoms. The van der Waals surface area contributed by atoms with E-state index in [-0.39, 0.29) is 0 Å². The first-order valence-corrected chi connectivity index (χ1v) is 8.70. The van der Waals surface area contributed by atoms with Crippen LogP contribution in [-0.2, 0) is 19.2 Å². The van der Waals surface area contributed by atoms with Crippen LogP contribution in [0.15, 0.2) is 24.3 Å². The minimum absolute atomic E-state index is 0.392. The van der Waals surface area contributed by atoms with Gasteiger partial charge in [0, 0.05) is 7.05 Å². The summed E-state index contributed by atoms with van der Waals surface area (Å²) in [5, 5.41) is 0. The first-order chi connectivity index (χ1) is 11.9. The molecule has 3 fully saturated rings. The van der Waals surface area contributed by atoms with Crippen LogP contribution in [0.2, 0.25) is 0 Å². The summed E-state index contributed by atoms with van der Waals surface area (Å²) in [6, 6.07) is 7.10. The van der Waals surface area contributed by atoms with Gasteiger partial charge in [-0.25, -0.2) is 4.90 Å². The molecule has 2 heterocycles. The number of fused-ring (bicyclic) bond motifs is 4. The van der Waals surface area contributed by atoms with Crippen molar-refractivity contribution in [2.24, 2.45) is 21.7 Å². The van der Waals surface area contributed by atoms with Crippen molar-refractivity contribution in [3.8, 4) is 0 Å². The van der Waals surface area contributed by atoms with Gasteiger partial charge in [-0.05, 0) is 46.8 Å². The zero-order chi connectivity index (χ0) is 19.4. The van der Waals surface area contributed by atoms with E-state index in [2.05, 4.69) is 0 Å². The molecule has 0 spiro atoms. The van der Waals surface area contributed by atoms with Gasteiger partial charge < -0.3 is 0 Å². The molecule has 0 radical (unpaired) electrons. The number of carbonyl (C=O) groups is 4. The lowest BCUT2D eigenvalue weighted by atomic mass is 9.27. The van der Waals surface area contributed by atoms with Gasteiger partial charge in [-0.3, -0.25) is 24.1 Å². The fourth-order valence-corrected chi connectivity index (χ4v) is 5.88. The summed E-state index contributed by atoms with van der Waals surface area (Å²) in [5.41, 5.74) is -3.54. The fraction of sp³-hybridized carbons (Fsp3) is 0.500. The average Bonchev–Trinajstić information content (AvgIpc) is 2.84. The summed E-state index contributed by atoms with van der Waals surface area (Å²) in [5.74, 6) is -1.61. The highest BCUT2D eigenvalue weighted by Crippen LogP contribution is 2.84. The van der Waals surface area contributed by atoms with E-state index in [1.165, 1.54) is 7.05 Å². The van der Waals surface area contributed by atoms with Crippen LogP contribution in [0.4, 0.5) is 5.69 Å². The highest BCUT2D eigenvalue weighted by atomic mass is 16.2. The number of hydrogen-bond donors (Lipinski definition) is 0. The molecule has 26 heavy (non-hydrogen) atoms. The maximum Gasteiger partial charge on any atom is 0.241 e. The van der Waals surface area contributed by atoms with E-state index in [1.807, 2.05) is 19.1 Å². The third kappa shape index (κ3) is 1.18. The monoisotopic (exact) mass is 354 g/mol. The van der Waals surface area contributed by atoms with E-state index in [9.17, 15) is 19.2 Å². The lowest BCUT2D eigenvalue weighted by molar-refractivity contribution is -0.243. The Kier molecular flexibility index (Phi) is 2.77. The highest BCUT2D eigenvalue weighted by Gasteiger charge is 2.96. The standard InChI is InChI=1S/C20H22N2O4/c1-11-7-9-12(10-8-11)22-15(25)19(4)17(2)13(23)21(6)14(24)18(17,3)20(19,5)16(22)26/h7-10H,1-6H3. The zero-order valence-corrected chi connectivity index (χ0v) is 15.8. The number of benzene rings is 1. The van der Waals surface area contributed by atoms with Gasteiger partial charge in [0.2, 0.25) is 23.6 Å². The molecule has 1 aromatic carbocycles. The smallest absolute Gasteiger partial charge is 0.241 e. The zero-order valence-electron chi connectivity index (χ0n) is 15.8. The summed E-state index contributed by atoms with van der Waals surface area (Å²) in [4.78, 5) is 55.1. The van der Waals surface area contributed by atoms with Gasteiger partial charge in [0.15, 0.2) is 0 Å².